The molecule has 0 aromatic heterocycles. The van der Waals surface area contributed by atoms with Gasteiger partial charge < -0.3 is 5.11 Å². The molecule has 0 bridgehead atoms. The van der Waals surface area contributed by atoms with Crippen molar-refractivity contribution in [1.82, 2.24) is 0 Å². The van der Waals surface area contributed by atoms with E-state index in [4.69, 9.17) is 0 Å². The Morgan fingerprint density at radius 1 is 1.24 bits per heavy atom. The number of thioether (sulfide) groups is 1. The summed E-state index contributed by atoms with van der Waals surface area (Å²) >= 11 is 1.29. The normalized spacial score (nSPS) is 15.4. The molecular formula is C14H20O2S. The summed E-state index contributed by atoms with van der Waals surface area (Å²) in [6, 6.07) is 9.32. The molecule has 0 aliphatic heterocycles. The van der Waals surface area contributed by atoms with Gasteiger partial charge in [0.1, 0.15) is 0 Å². The van der Waals surface area contributed by atoms with Crippen molar-refractivity contribution in [3.63, 3.8) is 0 Å². The smallest absolute Gasteiger partial charge is 0.195 e. The van der Waals surface area contributed by atoms with E-state index in [1.165, 1.54) is 11.8 Å². The van der Waals surface area contributed by atoms with Crippen molar-refractivity contribution >= 4 is 16.9 Å². The Hall–Kier alpha value is -0.800. The molecule has 1 N–H and O–H groups in total. The van der Waals surface area contributed by atoms with E-state index in [9.17, 15) is 9.90 Å². The highest BCUT2D eigenvalue weighted by Gasteiger charge is 2.27. The predicted octanol–water partition coefficient (Wildman–Crippen LogP) is 3.41. The van der Waals surface area contributed by atoms with E-state index in [0.29, 0.717) is 0 Å². The fraction of sp³-hybridized carbons (Fsp3) is 0.500. The van der Waals surface area contributed by atoms with Gasteiger partial charge in [0.05, 0.1) is 12.0 Å². The number of hydrogen-bond acceptors (Lipinski definition) is 3. The zero-order chi connectivity index (χ0) is 13.1. The maximum absolute atomic E-state index is 12.0. The van der Waals surface area contributed by atoms with Crippen molar-refractivity contribution < 1.29 is 9.90 Å². The van der Waals surface area contributed by atoms with E-state index in [1.54, 1.807) is 6.92 Å². The zero-order valence-corrected chi connectivity index (χ0v) is 11.6. The first-order valence-electron chi connectivity index (χ1n) is 5.77. The second-order valence-corrected chi connectivity index (χ2v) is 7.01. The lowest BCUT2D eigenvalue weighted by molar-refractivity contribution is -0.117. The maximum atomic E-state index is 12.0. The van der Waals surface area contributed by atoms with Crippen LogP contribution in [0.3, 0.4) is 0 Å². The van der Waals surface area contributed by atoms with Crippen LogP contribution in [0.25, 0.3) is 0 Å². The second kappa shape index (κ2) is 5.69. The highest BCUT2D eigenvalue weighted by atomic mass is 32.2. The lowest BCUT2D eigenvalue weighted by atomic mass is 9.99. The molecule has 0 unspecified atom stereocenters. The lowest BCUT2D eigenvalue weighted by Crippen LogP contribution is -2.21. The van der Waals surface area contributed by atoms with Crippen molar-refractivity contribution in [3.8, 4) is 0 Å². The molecule has 2 atom stereocenters. The lowest BCUT2D eigenvalue weighted by Gasteiger charge is -2.22. The Bertz CT molecular complexity index is 368. The van der Waals surface area contributed by atoms with Gasteiger partial charge in [-0.15, -0.1) is 0 Å². The Morgan fingerprint density at radius 2 is 1.76 bits per heavy atom. The summed E-state index contributed by atoms with van der Waals surface area (Å²) in [5.74, 6) is -0.387. The molecule has 3 heteroatoms. The van der Waals surface area contributed by atoms with E-state index in [2.05, 4.69) is 0 Å². The van der Waals surface area contributed by atoms with E-state index >= 15 is 0 Å². The van der Waals surface area contributed by atoms with E-state index in [1.807, 2.05) is 51.1 Å². The first-order chi connectivity index (χ1) is 7.81. The molecule has 2 nitrogen and oxygen atoms in total. The number of aliphatic hydroxyl groups is 1. The fourth-order valence-electron chi connectivity index (χ4n) is 1.46. The molecular weight excluding hydrogens is 232 g/mol. The van der Waals surface area contributed by atoms with Crippen molar-refractivity contribution in [2.45, 2.75) is 38.5 Å². The molecule has 0 aliphatic rings. The number of benzene rings is 1. The van der Waals surface area contributed by atoms with Gasteiger partial charge in [-0.25, -0.2) is 0 Å². The number of carbonyl (C=O) groups is 1. The monoisotopic (exact) mass is 252 g/mol. The van der Waals surface area contributed by atoms with Crippen LogP contribution < -0.4 is 0 Å². The topological polar surface area (TPSA) is 37.3 Å². The Balaban J connectivity index is 2.70. The summed E-state index contributed by atoms with van der Waals surface area (Å²) in [6.07, 6.45) is -0.724. The van der Waals surface area contributed by atoms with Crippen LogP contribution in [-0.2, 0) is 4.79 Å². The quantitative estimate of drug-likeness (QED) is 0.895. The first kappa shape index (κ1) is 14.3. The highest BCUT2D eigenvalue weighted by molar-refractivity contribution is 8.14. The molecule has 1 aromatic rings. The molecule has 94 valence electrons. The van der Waals surface area contributed by atoms with Crippen LogP contribution in [0.4, 0.5) is 0 Å². The molecule has 0 heterocycles. The molecule has 1 aromatic carbocycles. The fourth-order valence-corrected chi connectivity index (χ4v) is 2.38. The molecule has 0 saturated heterocycles. The van der Waals surface area contributed by atoms with Gasteiger partial charge in [-0.05, 0) is 5.56 Å². The maximum Gasteiger partial charge on any atom is 0.195 e. The molecule has 0 fully saturated rings. The molecule has 17 heavy (non-hydrogen) atoms. The van der Waals surface area contributed by atoms with Crippen LogP contribution in [0, 0.1) is 5.92 Å². The summed E-state index contributed by atoms with van der Waals surface area (Å²) in [4.78, 5) is 12.0. The van der Waals surface area contributed by atoms with Gasteiger partial charge in [0.15, 0.2) is 5.12 Å². The van der Waals surface area contributed by atoms with Gasteiger partial charge >= 0.3 is 0 Å². The van der Waals surface area contributed by atoms with Crippen LogP contribution in [0.1, 0.15) is 39.4 Å². The van der Waals surface area contributed by atoms with Crippen LogP contribution in [0.2, 0.25) is 0 Å². The zero-order valence-electron chi connectivity index (χ0n) is 10.8. The molecule has 0 spiro atoms. The molecule has 0 radical (unpaired) electrons. The summed E-state index contributed by atoms with van der Waals surface area (Å²) in [5.41, 5.74) is 0.794. The predicted molar refractivity (Wildman–Crippen MR) is 72.9 cm³/mol. The van der Waals surface area contributed by atoms with Gasteiger partial charge in [-0.1, -0.05) is 69.8 Å². The summed E-state index contributed by atoms with van der Waals surface area (Å²) < 4.78 is -0.109. The number of hydrogen-bond donors (Lipinski definition) is 1. The van der Waals surface area contributed by atoms with Crippen LogP contribution in [-0.4, -0.2) is 15.0 Å². The van der Waals surface area contributed by atoms with Crippen LogP contribution in [0.15, 0.2) is 30.3 Å². The minimum absolute atomic E-state index is 0.0360. The average molecular weight is 252 g/mol. The Morgan fingerprint density at radius 3 is 2.24 bits per heavy atom. The third-order valence-corrected chi connectivity index (χ3v) is 3.58. The third kappa shape index (κ3) is 4.52. The number of aliphatic hydroxyl groups excluding tert-OH is 1. The van der Waals surface area contributed by atoms with E-state index < -0.39 is 6.10 Å². The minimum atomic E-state index is -0.724. The van der Waals surface area contributed by atoms with Crippen LogP contribution >= 0.6 is 11.8 Å². The van der Waals surface area contributed by atoms with Gasteiger partial charge in [0.25, 0.3) is 0 Å². The first-order valence-corrected chi connectivity index (χ1v) is 6.59. The van der Waals surface area contributed by atoms with Crippen LogP contribution in [0.5, 0.6) is 0 Å². The third-order valence-electron chi connectivity index (χ3n) is 2.39. The van der Waals surface area contributed by atoms with Crippen molar-refractivity contribution in [2.24, 2.45) is 5.92 Å². The van der Waals surface area contributed by atoms with Gasteiger partial charge in [0.2, 0.25) is 0 Å². The van der Waals surface area contributed by atoms with E-state index in [0.717, 1.165) is 5.56 Å². The summed E-state index contributed by atoms with van der Waals surface area (Å²) in [5, 5.41) is 10.2. The van der Waals surface area contributed by atoms with Crippen molar-refractivity contribution in [1.29, 1.82) is 0 Å². The Labute approximate surface area is 107 Å². The van der Waals surface area contributed by atoms with Gasteiger partial charge in [-0.3, -0.25) is 4.79 Å². The second-order valence-electron chi connectivity index (χ2n) is 5.18. The average Bonchev–Trinajstić information content (AvgIpc) is 2.26. The summed E-state index contributed by atoms with van der Waals surface area (Å²) in [7, 11) is 0. The van der Waals surface area contributed by atoms with Crippen molar-refractivity contribution in [2.75, 3.05) is 0 Å². The SMILES string of the molecule is C[C@H](C(=O)SC(C)(C)C)[C@H](O)c1ccccc1. The van der Waals surface area contributed by atoms with Gasteiger partial charge in [-0.2, -0.15) is 0 Å². The standard InChI is InChI=1S/C14H20O2S/c1-10(13(16)17-14(2,3)4)12(15)11-8-6-5-7-9-11/h5-10,12,15H,1-4H3/t10-,12-/m0/s1. The molecule has 0 aliphatic carbocycles. The van der Waals surface area contributed by atoms with E-state index in [-0.39, 0.29) is 15.8 Å². The number of carbonyl (C=O) groups excluding carboxylic acids is 1. The molecule has 1 rings (SSSR count). The molecule has 0 saturated carbocycles. The largest absolute Gasteiger partial charge is 0.388 e. The number of rotatable bonds is 3. The molecule has 0 amide bonds. The highest BCUT2D eigenvalue weighted by Crippen LogP contribution is 2.32. The van der Waals surface area contributed by atoms with Gasteiger partial charge in [0, 0.05) is 4.75 Å². The Kier molecular flexibility index (Phi) is 4.78. The minimum Gasteiger partial charge on any atom is -0.388 e. The summed E-state index contributed by atoms with van der Waals surface area (Å²) in [6.45, 7) is 7.77. The van der Waals surface area contributed by atoms with Crippen molar-refractivity contribution in [3.05, 3.63) is 35.9 Å².